The third-order valence-corrected chi connectivity index (χ3v) is 5.27. The number of fused-ring (bicyclic) bond motifs is 2. The molecule has 3 aromatic rings. The molecule has 1 N–H and O–H groups in total. The van der Waals surface area contributed by atoms with Crippen molar-refractivity contribution >= 4 is 0 Å². The van der Waals surface area contributed by atoms with Gasteiger partial charge in [0.2, 0.25) is 0 Å². The molecule has 0 saturated carbocycles. The maximum absolute atomic E-state index is 4.29. The summed E-state index contributed by atoms with van der Waals surface area (Å²) in [4.78, 5) is 2.64. The van der Waals surface area contributed by atoms with E-state index < -0.39 is 0 Å². The van der Waals surface area contributed by atoms with E-state index in [-0.39, 0.29) is 0 Å². The van der Waals surface area contributed by atoms with E-state index in [2.05, 4.69) is 63.6 Å². The molecule has 1 aliphatic heterocycles. The van der Waals surface area contributed by atoms with Crippen molar-refractivity contribution in [2.75, 3.05) is 6.54 Å². The first kappa shape index (κ1) is 13.1. The summed E-state index contributed by atoms with van der Waals surface area (Å²) in [5.41, 5.74) is 8.35. The summed E-state index contributed by atoms with van der Waals surface area (Å²) < 4.78 is 0. The number of hydrogen-bond acceptors (Lipinski definition) is 2. The van der Waals surface area contributed by atoms with Gasteiger partial charge in [0.25, 0.3) is 0 Å². The standard InChI is InChI=1S/C20H19N3/c1-2-5-14(6-3-1)13-23-10-9-15-7-4-8-17-19(15)18(23)11-16-12-21-22-20(16)17/h1-8,12,18H,9-11,13H2,(H,21,22). The summed E-state index contributed by atoms with van der Waals surface area (Å²) in [6.07, 6.45) is 4.19. The lowest BCUT2D eigenvalue weighted by Crippen LogP contribution is -2.37. The maximum atomic E-state index is 4.29. The zero-order valence-corrected chi connectivity index (χ0v) is 13.0. The van der Waals surface area contributed by atoms with Crippen LogP contribution in [0.25, 0.3) is 11.3 Å². The zero-order valence-electron chi connectivity index (χ0n) is 13.0. The van der Waals surface area contributed by atoms with E-state index in [4.69, 9.17) is 0 Å². The molecule has 0 saturated heterocycles. The molecule has 23 heavy (non-hydrogen) atoms. The second-order valence-corrected chi connectivity index (χ2v) is 6.57. The smallest absolute Gasteiger partial charge is 0.0686 e. The molecule has 3 heteroatoms. The van der Waals surface area contributed by atoms with Crippen LogP contribution < -0.4 is 0 Å². The number of hydrogen-bond donors (Lipinski definition) is 1. The molecule has 2 heterocycles. The highest BCUT2D eigenvalue weighted by Crippen LogP contribution is 2.44. The monoisotopic (exact) mass is 301 g/mol. The number of nitrogens with one attached hydrogen (secondary N) is 1. The van der Waals surface area contributed by atoms with Gasteiger partial charge in [0.15, 0.2) is 0 Å². The molecule has 1 aromatic heterocycles. The van der Waals surface area contributed by atoms with Crippen LogP contribution in [-0.2, 0) is 19.4 Å². The van der Waals surface area contributed by atoms with Gasteiger partial charge in [-0.05, 0) is 35.1 Å². The van der Waals surface area contributed by atoms with E-state index in [9.17, 15) is 0 Å². The number of rotatable bonds is 2. The zero-order chi connectivity index (χ0) is 15.2. The Morgan fingerprint density at radius 1 is 1.04 bits per heavy atom. The molecule has 114 valence electrons. The first-order valence-electron chi connectivity index (χ1n) is 8.32. The Kier molecular flexibility index (Phi) is 2.88. The summed E-state index contributed by atoms with van der Waals surface area (Å²) in [6.45, 7) is 2.15. The third kappa shape index (κ3) is 2.04. The lowest BCUT2D eigenvalue weighted by Gasteiger charge is -2.40. The van der Waals surface area contributed by atoms with Crippen molar-refractivity contribution in [2.24, 2.45) is 0 Å². The Bertz CT molecular complexity index is 850. The minimum atomic E-state index is 0.472. The van der Waals surface area contributed by atoms with Crippen molar-refractivity contribution in [3.63, 3.8) is 0 Å². The van der Waals surface area contributed by atoms with Crippen LogP contribution in [0.5, 0.6) is 0 Å². The van der Waals surface area contributed by atoms with Crippen LogP contribution in [-0.4, -0.2) is 21.6 Å². The number of aromatic amines is 1. The topological polar surface area (TPSA) is 31.9 Å². The predicted octanol–water partition coefficient (Wildman–Crippen LogP) is 3.73. The van der Waals surface area contributed by atoms with Gasteiger partial charge in [-0.3, -0.25) is 10.00 Å². The molecule has 0 fully saturated rings. The quantitative estimate of drug-likeness (QED) is 0.782. The fraction of sp³-hybridized carbons (Fsp3) is 0.250. The highest BCUT2D eigenvalue weighted by molar-refractivity contribution is 5.72. The lowest BCUT2D eigenvalue weighted by molar-refractivity contribution is 0.174. The summed E-state index contributed by atoms with van der Waals surface area (Å²) in [5.74, 6) is 0. The lowest BCUT2D eigenvalue weighted by atomic mass is 9.79. The number of benzene rings is 2. The minimum Gasteiger partial charge on any atom is -0.291 e. The average Bonchev–Trinajstić information content (AvgIpc) is 3.07. The normalized spacial score (nSPS) is 19.2. The fourth-order valence-electron chi connectivity index (χ4n) is 4.19. The number of H-pyrrole nitrogens is 1. The molecule has 2 aromatic carbocycles. The fourth-order valence-corrected chi connectivity index (χ4v) is 4.19. The van der Waals surface area contributed by atoms with Crippen molar-refractivity contribution < 1.29 is 0 Å². The van der Waals surface area contributed by atoms with Gasteiger partial charge in [-0.2, -0.15) is 5.10 Å². The summed E-state index contributed by atoms with van der Waals surface area (Å²) in [6, 6.07) is 18.0. The van der Waals surface area contributed by atoms with E-state index in [1.807, 2.05) is 6.20 Å². The Balaban J connectivity index is 1.58. The van der Waals surface area contributed by atoms with Crippen molar-refractivity contribution in [2.45, 2.75) is 25.4 Å². The van der Waals surface area contributed by atoms with Crippen molar-refractivity contribution in [3.8, 4) is 11.3 Å². The Hall–Kier alpha value is -2.39. The van der Waals surface area contributed by atoms with Gasteiger partial charge < -0.3 is 0 Å². The molecular weight excluding hydrogens is 282 g/mol. The number of aromatic nitrogens is 2. The second kappa shape index (κ2) is 5.07. The molecule has 0 spiro atoms. The molecule has 0 amide bonds. The first-order chi connectivity index (χ1) is 11.4. The van der Waals surface area contributed by atoms with E-state index in [0.717, 1.165) is 25.9 Å². The van der Waals surface area contributed by atoms with E-state index in [0.29, 0.717) is 6.04 Å². The highest BCUT2D eigenvalue weighted by Gasteiger charge is 2.34. The molecule has 0 radical (unpaired) electrons. The van der Waals surface area contributed by atoms with Crippen LogP contribution in [0.1, 0.15) is 28.3 Å². The molecular formula is C20H19N3. The minimum absolute atomic E-state index is 0.472. The van der Waals surface area contributed by atoms with Crippen molar-refractivity contribution in [3.05, 3.63) is 77.0 Å². The van der Waals surface area contributed by atoms with Crippen LogP contribution in [0.15, 0.2) is 54.7 Å². The Morgan fingerprint density at radius 2 is 1.96 bits per heavy atom. The highest BCUT2D eigenvalue weighted by atomic mass is 15.2. The summed E-state index contributed by atoms with van der Waals surface area (Å²) in [7, 11) is 0. The van der Waals surface area contributed by atoms with Gasteiger partial charge in [0.05, 0.1) is 11.9 Å². The summed E-state index contributed by atoms with van der Waals surface area (Å²) in [5, 5.41) is 7.49. The van der Waals surface area contributed by atoms with Gasteiger partial charge >= 0.3 is 0 Å². The van der Waals surface area contributed by atoms with Crippen LogP contribution in [0.2, 0.25) is 0 Å². The Labute approximate surface area is 136 Å². The van der Waals surface area contributed by atoms with Crippen molar-refractivity contribution in [1.29, 1.82) is 0 Å². The molecule has 1 unspecified atom stereocenters. The molecule has 1 atom stereocenters. The third-order valence-electron chi connectivity index (χ3n) is 5.27. The molecule has 2 aliphatic rings. The SMILES string of the molecule is c1ccc(CN2CCc3cccc4c3C2Cc2cn[nH]c2-4)cc1. The average molecular weight is 301 g/mol. The molecule has 1 aliphatic carbocycles. The van der Waals surface area contributed by atoms with E-state index >= 15 is 0 Å². The van der Waals surface area contributed by atoms with Gasteiger partial charge in [0, 0.05) is 24.7 Å². The van der Waals surface area contributed by atoms with Crippen LogP contribution in [0.3, 0.4) is 0 Å². The van der Waals surface area contributed by atoms with Gasteiger partial charge in [-0.25, -0.2) is 0 Å². The molecule has 0 bridgehead atoms. The van der Waals surface area contributed by atoms with Crippen LogP contribution >= 0.6 is 0 Å². The first-order valence-corrected chi connectivity index (χ1v) is 8.32. The Morgan fingerprint density at radius 3 is 2.87 bits per heavy atom. The second-order valence-electron chi connectivity index (χ2n) is 6.57. The maximum Gasteiger partial charge on any atom is 0.0686 e. The van der Waals surface area contributed by atoms with E-state index in [1.54, 1.807) is 0 Å². The van der Waals surface area contributed by atoms with Gasteiger partial charge in [0.1, 0.15) is 0 Å². The summed E-state index contributed by atoms with van der Waals surface area (Å²) >= 11 is 0. The van der Waals surface area contributed by atoms with Crippen LogP contribution in [0.4, 0.5) is 0 Å². The van der Waals surface area contributed by atoms with Crippen LogP contribution in [0, 0.1) is 0 Å². The largest absolute Gasteiger partial charge is 0.291 e. The van der Waals surface area contributed by atoms with Crippen molar-refractivity contribution in [1.82, 2.24) is 15.1 Å². The molecule has 5 rings (SSSR count). The number of nitrogens with zero attached hydrogens (tertiary/aromatic N) is 2. The van der Waals surface area contributed by atoms with Gasteiger partial charge in [-0.1, -0.05) is 48.5 Å². The van der Waals surface area contributed by atoms with Gasteiger partial charge in [-0.15, -0.1) is 0 Å². The van der Waals surface area contributed by atoms with E-state index in [1.165, 1.54) is 33.5 Å². The predicted molar refractivity (Wildman–Crippen MR) is 91.0 cm³/mol. The molecule has 3 nitrogen and oxygen atoms in total.